The zero-order valence-electron chi connectivity index (χ0n) is 9.74. The zero-order valence-corrected chi connectivity index (χ0v) is 11.3. The summed E-state index contributed by atoms with van der Waals surface area (Å²) in [6.07, 6.45) is 5.77. The molecule has 0 fully saturated rings. The highest BCUT2D eigenvalue weighted by atomic mass is 35.5. The van der Waals surface area contributed by atoms with Gasteiger partial charge in [0.25, 0.3) is 0 Å². The highest BCUT2D eigenvalue weighted by Gasteiger charge is 2.15. The van der Waals surface area contributed by atoms with Gasteiger partial charge in [0, 0.05) is 12.4 Å². The lowest BCUT2D eigenvalue weighted by Crippen LogP contribution is -2.30. The molecule has 1 N–H and O–H groups in total. The number of hydrogen-bond acceptors (Lipinski definition) is 2. The summed E-state index contributed by atoms with van der Waals surface area (Å²) >= 11 is 7.60. The van der Waals surface area contributed by atoms with Crippen LogP contribution in [0.3, 0.4) is 0 Å². The van der Waals surface area contributed by atoms with Crippen molar-refractivity contribution in [2.24, 2.45) is 5.41 Å². The van der Waals surface area contributed by atoms with E-state index in [9.17, 15) is 0 Å². The van der Waals surface area contributed by atoms with Gasteiger partial charge in [-0.1, -0.05) is 13.8 Å². The number of alkyl halides is 1. The average molecular weight is 238 g/mol. The fourth-order valence-corrected chi connectivity index (χ4v) is 1.97. The van der Waals surface area contributed by atoms with Gasteiger partial charge in [-0.15, -0.1) is 11.6 Å². The quantitative estimate of drug-likeness (QED) is 0.488. The van der Waals surface area contributed by atoms with Gasteiger partial charge in [-0.3, -0.25) is 0 Å². The monoisotopic (exact) mass is 237 g/mol. The molecule has 0 radical (unpaired) electrons. The minimum absolute atomic E-state index is 0.397. The van der Waals surface area contributed by atoms with Gasteiger partial charge in [-0.25, -0.2) is 0 Å². The first kappa shape index (κ1) is 14.6. The van der Waals surface area contributed by atoms with Crippen molar-refractivity contribution in [3.05, 3.63) is 0 Å². The second-order valence-corrected chi connectivity index (χ2v) is 5.84. The van der Waals surface area contributed by atoms with Crippen LogP contribution in [0.4, 0.5) is 0 Å². The molecule has 86 valence electrons. The Morgan fingerprint density at radius 1 is 1.29 bits per heavy atom. The summed E-state index contributed by atoms with van der Waals surface area (Å²) in [5.41, 5.74) is 0.397. The van der Waals surface area contributed by atoms with Gasteiger partial charge in [0.2, 0.25) is 0 Å². The highest BCUT2D eigenvalue weighted by Crippen LogP contribution is 2.21. The van der Waals surface area contributed by atoms with E-state index in [0.717, 1.165) is 25.4 Å². The second kappa shape index (κ2) is 8.87. The molecule has 0 bridgehead atoms. The van der Waals surface area contributed by atoms with E-state index < -0.39 is 0 Å². The molecule has 0 amide bonds. The first-order chi connectivity index (χ1) is 6.62. The van der Waals surface area contributed by atoms with Crippen molar-refractivity contribution in [3.63, 3.8) is 0 Å². The molecule has 0 heterocycles. The van der Waals surface area contributed by atoms with Gasteiger partial charge in [0.15, 0.2) is 0 Å². The van der Waals surface area contributed by atoms with Crippen molar-refractivity contribution in [2.45, 2.75) is 33.1 Å². The standard InChI is InChI=1S/C11H24ClNS/c1-11(2,6-4-7-12)10-13-8-5-9-14-3/h13H,4-10H2,1-3H3. The zero-order chi connectivity index (χ0) is 10.9. The topological polar surface area (TPSA) is 12.0 Å². The van der Waals surface area contributed by atoms with E-state index in [2.05, 4.69) is 25.4 Å². The van der Waals surface area contributed by atoms with E-state index in [0.29, 0.717) is 5.41 Å². The molecule has 0 spiro atoms. The number of thioether (sulfide) groups is 1. The highest BCUT2D eigenvalue weighted by molar-refractivity contribution is 7.98. The minimum atomic E-state index is 0.397. The van der Waals surface area contributed by atoms with Crippen molar-refractivity contribution in [1.82, 2.24) is 5.32 Å². The van der Waals surface area contributed by atoms with Crippen LogP contribution in [0, 0.1) is 5.41 Å². The minimum Gasteiger partial charge on any atom is -0.316 e. The maximum Gasteiger partial charge on any atom is 0.0223 e. The SMILES string of the molecule is CSCCCNCC(C)(C)CCCCl. The molecule has 0 aliphatic carbocycles. The Morgan fingerprint density at radius 2 is 2.00 bits per heavy atom. The molecule has 0 unspecified atom stereocenters. The number of rotatable bonds is 9. The van der Waals surface area contributed by atoms with Crippen molar-refractivity contribution in [2.75, 3.05) is 31.0 Å². The van der Waals surface area contributed by atoms with Crippen molar-refractivity contribution in [1.29, 1.82) is 0 Å². The Kier molecular flexibility index (Phi) is 9.25. The third-order valence-electron chi connectivity index (χ3n) is 2.29. The Hall–Kier alpha value is 0.600. The maximum absolute atomic E-state index is 5.69. The van der Waals surface area contributed by atoms with Gasteiger partial charge < -0.3 is 5.32 Å². The number of nitrogens with one attached hydrogen (secondary N) is 1. The van der Waals surface area contributed by atoms with E-state index in [1.54, 1.807) is 0 Å². The average Bonchev–Trinajstić information content (AvgIpc) is 2.15. The Balaban J connectivity index is 3.35. The third kappa shape index (κ3) is 9.17. The summed E-state index contributed by atoms with van der Waals surface area (Å²) in [7, 11) is 0. The number of hydrogen-bond donors (Lipinski definition) is 1. The molecule has 0 aromatic rings. The summed E-state index contributed by atoms with van der Waals surface area (Å²) in [5, 5.41) is 3.51. The van der Waals surface area contributed by atoms with Crippen LogP contribution in [0.5, 0.6) is 0 Å². The molecule has 0 aromatic heterocycles. The lowest BCUT2D eigenvalue weighted by atomic mass is 9.88. The van der Waals surface area contributed by atoms with Crippen molar-refractivity contribution >= 4 is 23.4 Å². The first-order valence-electron chi connectivity index (χ1n) is 5.38. The molecule has 0 aliphatic rings. The van der Waals surface area contributed by atoms with Crippen LogP contribution < -0.4 is 5.32 Å². The summed E-state index contributed by atoms with van der Waals surface area (Å²) in [6, 6.07) is 0. The van der Waals surface area contributed by atoms with Crippen LogP contribution in [-0.2, 0) is 0 Å². The predicted molar refractivity (Wildman–Crippen MR) is 69.6 cm³/mol. The van der Waals surface area contributed by atoms with E-state index in [1.165, 1.54) is 18.6 Å². The molecule has 0 rings (SSSR count). The normalized spacial score (nSPS) is 12.0. The molecule has 0 saturated carbocycles. The van der Waals surface area contributed by atoms with Crippen LogP contribution in [0.1, 0.15) is 33.1 Å². The lowest BCUT2D eigenvalue weighted by molar-refractivity contribution is 0.312. The Labute approximate surface area is 98.4 Å². The van der Waals surface area contributed by atoms with E-state index in [1.807, 2.05) is 11.8 Å². The molecular formula is C11H24ClNS. The fraction of sp³-hybridized carbons (Fsp3) is 1.00. The Morgan fingerprint density at radius 3 is 2.57 bits per heavy atom. The van der Waals surface area contributed by atoms with Gasteiger partial charge in [0.05, 0.1) is 0 Å². The summed E-state index contributed by atoms with van der Waals surface area (Å²) in [5.74, 6) is 2.05. The van der Waals surface area contributed by atoms with E-state index >= 15 is 0 Å². The molecular weight excluding hydrogens is 214 g/mol. The van der Waals surface area contributed by atoms with Crippen molar-refractivity contribution < 1.29 is 0 Å². The van der Waals surface area contributed by atoms with Gasteiger partial charge in [-0.05, 0) is 43.2 Å². The smallest absolute Gasteiger partial charge is 0.0223 e. The first-order valence-corrected chi connectivity index (χ1v) is 7.31. The predicted octanol–water partition coefficient (Wildman–Crippen LogP) is 3.37. The third-order valence-corrected chi connectivity index (χ3v) is 3.26. The number of halogens is 1. The van der Waals surface area contributed by atoms with Gasteiger partial charge >= 0.3 is 0 Å². The van der Waals surface area contributed by atoms with Gasteiger partial charge in [-0.2, -0.15) is 11.8 Å². The molecule has 0 atom stereocenters. The van der Waals surface area contributed by atoms with Gasteiger partial charge in [0.1, 0.15) is 0 Å². The van der Waals surface area contributed by atoms with E-state index in [-0.39, 0.29) is 0 Å². The summed E-state index contributed by atoms with van der Waals surface area (Å²) in [6.45, 7) is 6.87. The summed E-state index contributed by atoms with van der Waals surface area (Å²) < 4.78 is 0. The Bertz CT molecular complexity index is 128. The van der Waals surface area contributed by atoms with Crippen molar-refractivity contribution in [3.8, 4) is 0 Å². The maximum atomic E-state index is 5.69. The van der Waals surface area contributed by atoms with Crippen LogP contribution in [0.25, 0.3) is 0 Å². The van der Waals surface area contributed by atoms with Crippen LogP contribution in [0.2, 0.25) is 0 Å². The largest absolute Gasteiger partial charge is 0.316 e. The molecule has 1 nitrogen and oxygen atoms in total. The molecule has 0 aliphatic heterocycles. The molecule has 14 heavy (non-hydrogen) atoms. The second-order valence-electron chi connectivity index (χ2n) is 4.48. The summed E-state index contributed by atoms with van der Waals surface area (Å²) in [4.78, 5) is 0. The van der Waals surface area contributed by atoms with E-state index in [4.69, 9.17) is 11.6 Å². The van der Waals surface area contributed by atoms with Crippen LogP contribution in [0.15, 0.2) is 0 Å². The fourth-order valence-electron chi connectivity index (χ4n) is 1.40. The molecule has 0 saturated heterocycles. The molecule has 0 aromatic carbocycles. The lowest BCUT2D eigenvalue weighted by Gasteiger charge is -2.24. The molecule has 3 heteroatoms. The van der Waals surface area contributed by atoms with Crippen LogP contribution >= 0.6 is 23.4 Å². The van der Waals surface area contributed by atoms with Crippen LogP contribution in [-0.4, -0.2) is 31.0 Å².